The van der Waals surface area contributed by atoms with Gasteiger partial charge in [0, 0.05) is 19.0 Å². The van der Waals surface area contributed by atoms with Crippen LogP contribution in [0.1, 0.15) is 45.4 Å². The molecular formula is C18H27N3O3. The van der Waals surface area contributed by atoms with Crippen LogP contribution in [0.25, 0.3) is 0 Å². The van der Waals surface area contributed by atoms with Crippen LogP contribution in [0.3, 0.4) is 0 Å². The zero-order valence-electron chi connectivity index (χ0n) is 14.3. The number of rotatable bonds is 8. The van der Waals surface area contributed by atoms with E-state index in [1.807, 2.05) is 25.1 Å². The number of benzene rings is 1. The lowest BCUT2D eigenvalue weighted by Gasteiger charge is -2.13. The molecule has 2 rings (SSSR count). The van der Waals surface area contributed by atoms with Gasteiger partial charge < -0.3 is 20.7 Å². The lowest BCUT2D eigenvalue weighted by molar-refractivity contribution is -0.121. The first-order chi connectivity index (χ1) is 11.7. The molecule has 3 N–H and O–H groups in total. The van der Waals surface area contributed by atoms with E-state index in [2.05, 4.69) is 16.0 Å². The Morgan fingerprint density at radius 3 is 2.71 bits per heavy atom. The average molecular weight is 333 g/mol. The number of carbonyl (C=O) groups is 2. The van der Waals surface area contributed by atoms with Crippen LogP contribution in [-0.4, -0.2) is 31.1 Å². The van der Waals surface area contributed by atoms with Gasteiger partial charge in [-0.05, 0) is 31.4 Å². The van der Waals surface area contributed by atoms with Gasteiger partial charge in [-0.2, -0.15) is 0 Å². The van der Waals surface area contributed by atoms with Gasteiger partial charge in [-0.25, -0.2) is 4.79 Å². The molecule has 0 aliphatic heterocycles. The molecule has 0 bridgehead atoms. The largest absolute Gasteiger partial charge is 0.491 e. The molecule has 24 heavy (non-hydrogen) atoms. The van der Waals surface area contributed by atoms with Gasteiger partial charge in [-0.3, -0.25) is 4.79 Å². The monoisotopic (exact) mass is 333 g/mol. The van der Waals surface area contributed by atoms with E-state index in [-0.39, 0.29) is 18.4 Å². The van der Waals surface area contributed by atoms with Crippen LogP contribution in [0.4, 0.5) is 10.5 Å². The molecule has 6 heteroatoms. The molecule has 1 aromatic rings. The Labute approximate surface area is 143 Å². The van der Waals surface area contributed by atoms with Gasteiger partial charge in [0.2, 0.25) is 5.91 Å². The Kier molecular flexibility index (Phi) is 7.39. The number of hydrogen-bond donors (Lipinski definition) is 3. The minimum Gasteiger partial charge on any atom is -0.491 e. The topological polar surface area (TPSA) is 79.5 Å². The average Bonchev–Trinajstić information content (AvgIpc) is 3.07. The summed E-state index contributed by atoms with van der Waals surface area (Å²) in [7, 11) is 0. The summed E-state index contributed by atoms with van der Waals surface area (Å²) in [6.45, 7) is 2.93. The third-order valence-corrected chi connectivity index (χ3v) is 3.95. The number of anilines is 1. The zero-order valence-corrected chi connectivity index (χ0v) is 14.3. The first-order valence-electron chi connectivity index (χ1n) is 8.75. The second-order valence-corrected chi connectivity index (χ2v) is 6.02. The number of urea groups is 1. The molecule has 0 unspecified atom stereocenters. The van der Waals surface area contributed by atoms with Gasteiger partial charge in [-0.15, -0.1) is 0 Å². The zero-order chi connectivity index (χ0) is 17.2. The molecule has 6 nitrogen and oxygen atoms in total. The van der Waals surface area contributed by atoms with Crippen molar-refractivity contribution >= 4 is 17.6 Å². The maximum Gasteiger partial charge on any atom is 0.319 e. The second-order valence-electron chi connectivity index (χ2n) is 6.02. The summed E-state index contributed by atoms with van der Waals surface area (Å²) < 4.78 is 5.60. The number of para-hydroxylation sites is 2. The van der Waals surface area contributed by atoms with E-state index in [0.717, 1.165) is 19.3 Å². The fourth-order valence-electron chi connectivity index (χ4n) is 2.73. The molecule has 0 saturated heterocycles. The molecule has 0 radical (unpaired) electrons. The van der Waals surface area contributed by atoms with E-state index < -0.39 is 0 Å². The highest BCUT2D eigenvalue weighted by Gasteiger charge is 2.16. The third kappa shape index (κ3) is 6.10. The molecule has 0 spiro atoms. The highest BCUT2D eigenvalue weighted by atomic mass is 16.5. The van der Waals surface area contributed by atoms with E-state index in [1.54, 1.807) is 6.07 Å². The van der Waals surface area contributed by atoms with E-state index in [4.69, 9.17) is 4.74 Å². The normalized spacial score (nSPS) is 14.2. The van der Waals surface area contributed by atoms with Crippen molar-refractivity contribution in [3.8, 4) is 5.75 Å². The first kappa shape index (κ1) is 18.1. The van der Waals surface area contributed by atoms with Crippen LogP contribution in [0, 0.1) is 0 Å². The Hall–Kier alpha value is -2.24. The van der Waals surface area contributed by atoms with Crippen molar-refractivity contribution in [1.29, 1.82) is 0 Å². The molecule has 0 heterocycles. The summed E-state index contributed by atoms with van der Waals surface area (Å²) in [5.41, 5.74) is 0.624. The fraction of sp³-hybridized carbons (Fsp3) is 0.556. The molecule has 1 aromatic carbocycles. The third-order valence-electron chi connectivity index (χ3n) is 3.95. The quantitative estimate of drug-likeness (QED) is 0.684. The number of amides is 3. The van der Waals surface area contributed by atoms with Gasteiger partial charge in [0.25, 0.3) is 0 Å². The van der Waals surface area contributed by atoms with Crippen molar-refractivity contribution in [2.75, 3.05) is 18.5 Å². The standard InChI is InChI=1S/C18H27N3O3/c1-2-13-24-16-10-6-5-9-15(16)21-18(23)19-12-11-17(22)20-14-7-3-4-8-14/h5-6,9-10,14H,2-4,7-8,11-13H2,1H3,(H,20,22)(H2,19,21,23). The summed E-state index contributed by atoms with van der Waals surface area (Å²) in [6, 6.07) is 7.29. The van der Waals surface area contributed by atoms with Crippen LogP contribution in [-0.2, 0) is 4.79 Å². The molecule has 0 atom stereocenters. The SMILES string of the molecule is CCCOc1ccccc1NC(=O)NCCC(=O)NC1CCCC1. The van der Waals surface area contributed by atoms with E-state index >= 15 is 0 Å². The summed E-state index contributed by atoms with van der Waals surface area (Å²) >= 11 is 0. The van der Waals surface area contributed by atoms with Crippen LogP contribution in [0.5, 0.6) is 5.75 Å². The molecule has 132 valence electrons. The maximum atomic E-state index is 12.0. The highest BCUT2D eigenvalue weighted by molar-refractivity contribution is 5.91. The molecule has 1 aliphatic carbocycles. The summed E-state index contributed by atoms with van der Waals surface area (Å²) in [5, 5.41) is 8.47. The second kappa shape index (κ2) is 9.80. The molecule has 1 fully saturated rings. The lowest BCUT2D eigenvalue weighted by Crippen LogP contribution is -2.36. The lowest BCUT2D eigenvalue weighted by atomic mass is 10.2. The van der Waals surface area contributed by atoms with E-state index in [0.29, 0.717) is 30.6 Å². The summed E-state index contributed by atoms with van der Waals surface area (Å²) in [4.78, 5) is 23.8. The van der Waals surface area contributed by atoms with Crippen molar-refractivity contribution in [2.45, 2.75) is 51.5 Å². The molecule has 1 aliphatic rings. The van der Waals surface area contributed by atoms with Crippen LogP contribution >= 0.6 is 0 Å². The number of carbonyl (C=O) groups excluding carboxylic acids is 2. The fourth-order valence-corrected chi connectivity index (χ4v) is 2.73. The van der Waals surface area contributed by atoms with Crippen LogP contribution in [0.15, 0.2) is 24.3 Å². The number of ether oxygens (including phenoxy) is 1. The van der Waals surface area contributed by atoms with Crippen molar-refractivity contribution in [1.82, 2.24) is 10.6 Å². The highest BCUT2D eigenvalue weighted by Crippen LogP contribution is 2.23. The van der Waals surface area contributed by atoms with Crippen molar-refractivity contribution in [2.24, 2.45) is 0 Å². The van der Waals surface area contributed by atoms with E-state index in [9.17, 15) is 9.59 Å². The van der Waals surface area contributed by atoms with E-state index in [1.165, 1.54) is 12.8 Å². The smallest absolute Gasteiger partial charge is 0.319 e. The Morgan fingerprint density at radius 1 is 1.21 bits per heavy atom. The Morgan fingerprint density at radius 2 is 1.96 bits per heavy atom. The molecule has 0 aromatic heterocycles. The number of nitrogens with one attached hydrogen (secondary N) is 3. The van der Waals surface area contributed by atoms with Crippen molar-refractivity contribution in [3.05, 3.63) is 24.3 Å². The van der Waals surface area contributed by atoms with Crippen LogP contribution < -0.4 is 20.7 Å². The summed E-state index contributed by atoms with van der Waals surface area (Å²) in [6.07, 6.45) is 5.69. The van der Waals surface area contributed by atoms with Gasteiger partial charge in [0.15, 0.2) is 0 Å². The Bertz CT molecular complexity index is 542. The maximum absolute atomic E-state index is 12.0. The Balaban J connectivity index is 1.70. The van der Waals surface area contributed by atoms with Gasteiger partial charge in [0.05, 0.1) is 12.3 Å². The van der Waals surface area contributed by atoms with Gasteiger partial charge in [-0.1, -0.05) is 31.9 Å². The summed E-state index contributed by atoms with van der Waals surface area (Å²) in [5.74, 6) is 0.641. The van der Waals surface area contributed by atoms with Gasteiger partial charge >= 0.3 is 6.03 Å². The minimum absolute atomic E-state index is 0.00567. The molecular weight excluding hydrogens is 306 g/mol. The first-order valence-corrected chi connectivity index (χ1v) is 8.75. The minimum atomic E-state index is -0.337. The molecule has 1 saturated carbocycles. The number of hydrogen-bond acceptors (Lipinski definition) is 3. The van der Waals surface area contributed by atoms with Crippen molar-refractivity contribution in [3.63, 3.8) is 0 Å². The van der Waals surface area contributed by atoms with Crippen molar-refractivity contribution < 1.29 is 14.3 Å². The predicted octanol–water partition coefficient (Wildman–Crippen LogP) is 3.05. The van der Waals surface area contributed by atoms with Gasteiger partial charge in [0.1, 0.15) is 5.75 Å². The van der Waals surface area contributed by atoms with Crippen LogP contribution in [0.2, 0.25) is 0 Å². The molecule has 3 amide bonds. The predicted molar refractivity (Wildman–Crippen MR) is 94.3 cm³/mol.